The summed E-state index contributed by atoms with van der Waals surface area (Å²) in [5, 5.41) is 11.5. The van der Waals surface area contributed by atoms with Gasteiger partial charge in [0.05, 0.1) is 11.7 Å². The van der Waals surface area contributed by atoms with Crippen molar-refractivity contribution in [2.75, 3.05) is 5.75 Å². The lowest BCUT2D eigenvalue weighted by Crippen LogP contribution is -2.35. The Balaban J connectivity index is 1.95. The van der Waals surface area contributed by atoms with E-state index in [0.717, 1.165) is 23.4 Å². The molecule has 4 unspecified atom stereocenters. The molecule has 21 heavy (non-hydrogen) atoms. The van der Waals surface area contributed by atoms with E-state index in [9.17, 15) is 18.3 Å². The molecule has 4 atom stereocenters. The third-order valence-corrected chi connectivity index (χ3v) is 7.27. The highest BCUT2D eigenvalue weighted by Crippen LogP contribution is 2.37. The Bertz CT molecular complexity index is 461. The van der Waals surface area contributed by atoms with Gasteiger partial charge >= 0.3 is 6.18 Å². The minimum atomic E-state index is -4.31. The normalized spacial score (nSPS) is 28.4. The zero-order valence-corrected chi connectivity index (χ0v) is 13.6. The second-order valence-corrected chi connectivity index (χ2v) is 8.42. The van der Waals surface area contributed by atoms with Crippen molar-refractivity contribution in [3.05, 3.63) is 35.4 Å². The maximum absolute atomic E-state index is 12.5. The Morgan fingerprint density at radius 3 is 2.33 bits per heavy atom. The predicted octanol–water partition coefficient (Wildman–Crippen LogP) is 4.23. The first-order chi connectivity index (χ1) is 9.77. The SMILES string of the molecule is CC1SCC(C(O)Cc2ccc(C(F)(F)F)cc2)SC1C. The van der Waals surface area contributed by atoms with E-state index in [2.05, 4.69) is 13.8 Å². The van der Waals surface area contributed by atoms with Crippen molar-refractivity contribution >= 4 is 23.5 Å². The van der Waals surface area contributed by atoms with Crippen molar-refractivity contribution in [2.45, 2.75) is 48.3 Å². The molecule has 1 fully saturated rings. The number of thioether (sulfide) groups is 2. The van der Waals surface area contributed by atoms with Crippen LogP contribution in [0.1, 0.15) is 25.0 Å². The molecule has 118 valence electrons. The Morgan fingerprint density at radius 2 is 1.81 bits per heavy atom. The summed E-state index contributed by atoms with van der Waals surface area (Å²) in [6.07, 6.45) is -4.43. The van der Waals surface area contributed by atoms with Crippen molar-refractivity contribution in [1.82, 2.24) is 0 Å². The van der Waals surface area contributed by atoms with E-state index in [1.54, 1.807) is 11.8 Å². The lowest BCUT2D eigenvalue weighted by molar-refractivity contribution is -0.137. The van der Waals surface area contributed by atoms with Gasteiger partial charge in [-0.15, -0.1) is 0 Å². The van der Waals surface area contributed by atoms with Crippen LogP contribution in [0.4, 0.5) is 13.2 Å². The van der Waals surface area contributed by atoms with Crippen LogP contribution in [0.2, 0.25) is 0 Å². The van der Waals surface area contributed by atoms with Gasteiger partial charge in [0.15, 0.2) is 0 Å². The summed E-state index contributed by atoms with van der Waals surface area (Å²) in [7, 11) is 0. The number of aliphatic hydroxyl groups excluding tert-OH is 1. The molecular formula is C15H19F3OS2. The molecule has 1 saturated heterocycles. The van der Waals surface area contributed by atoms with Crippen LogP contribution in [0.5, 0.6) is 0 Å². The third kappa shape index (κ3) is 4.57. The maximum Gasteiger partial charge on any atom is 0.416 e. The first-order valence-electron chi connectivity index (χ1n) is 6.88. The van der Waals surface area contributed by atoms with Crippen LogP contribution in [-0.4, -0.2) is 32.7 Å². The average molecular weight is 336 g/mol. The standard InChI is InChI=1S/C15H19F3OS2/c1-9-10(2)21-14(8-20-9)13(19)7-11-3-5-12(6-4-11)15(16,17)18/h3-6,9-10,13-14,19H,7-8H2,1-2H3. The van der Waals surface area contributed by atoms with Gasteiger partial charge in [0.1, 0.15) is 0 Å². The van der Waals surface area contributed by atoms with Crippen LogP contribution in [0.15, 0.2) is 24.3 Å². The monoisotopic (exact) mass is 336 g/mol. The lowest BCUT2D eigenvalue weighted by Gasteiger charge is -2.33. The van der Waals surface area contributed by atoms with E-state index in [-0.39, 0.29) is 5.25 Å². The molecule has 1 aromatic rings. The van der Waals surface area contributed by atoms with Crippen LogP contribution in [0, 0.1) is 0 Å². The number of hydrogen-bond acceptors (Lipinski definition) is 3. The fourth-order valence-electron chi connectivity index (χ4n) is 2.21. The third-order valence-electron chi connectivity index (χ3n) is 3.73. The van der Waals surface area contributed by atoms with Gasteiger partial charge < -0.3 is 5.11 Å². The van der Waals surface area contributed by atoms with Gasteiger partial charge in [-0.1, -0.05) is 26.0 Å². The van der Waals surface area contributed by atoms with Crippen LogP contribution in [-0.2, 0) is 12.6 Å². The molecule has 0 spiro atoms. The van der Waals surface area contributed by atoms with Gasteiger partial charge in [-0.25, -0.2) is 0 Å². The molecule has 1 aliphatic heterocycles. The van der Waals surface area contributed by atoms with Gasteiger partial charge in [0.2, 0.25) is 0 Å². The Hall–Kier alpha value is -0.330. The smallest absolute Gasteiger partial charge is 0.392 e. The van der Waals surface area contributed by atoms with Gasteiger partial charge in [0, 0.05) is 21.5 Å². The molecule has 2 rings (SSSR count). The first-order valence-corrected chi connectivity index (χ1v) is 8.88. The number of hydrogen-bond donors (Lipinski definition) is 1. The number of aliphatic hydroxyl groups is 1. The lowest BCUT2D eigenvalue weighted by atomic mass is 10.0. The van der Waals surface area contributed by atoms with Crippen LogP contribution in [0.3, 0.4) is 0 Å². The van der Waals surface area contributed by atoms with Gasteiger partial charge in [0.25, 0.3) is 0 Å². The van der Waals surface area contributed by atoms with Gasteiger partial charge in [-0.3, -0.25) is 0 Å². The average Bonchev–Trinajstić information content (AvgIpc) is 2.41. The number of alkyl halides is 3. The zero-order valence-electron chi connectivity index (χ0n) is 11.9. The van der Waals surface area contributed by atoms with Gasteiger partial charge in [-0.05, 0) is 24.1 Å². The molecule has 1 heterocycles. The summed E-state index contributed by atoms with van der Waals surface area (Å²) >= 11 is 3.63. The Kier molecular flexibility index (Phi) is 5.54. The molecule has 6 heteroatoms. The summed E-state index contributed by atoms with van der Waals surface area (Å²) in [6, 6.07) is 5.07. The number of benzene rings is 1. The molecule has 1 nitrogen and oxygen atoms in total. The minimum absolute atomic E-state index is 0.142. The second-order valence-electron chi connectivity index (χ2n) is 5.38. The van der Waals surface area contributed by atoms with Crippen LogP contribution in [0.25, 0.3) is 0 Å². The molecule has 0 bridgehead atoms. The summed E-state index contributed by atoms with van der Waals surface area (Å²) in [5.41, 5.74) is 0.0955. The fourth-order valence-corrected chi connectivity index (χ4v) is 5.23. The molecule has 0 amide bonds. The predicted molar refractivity (Wildman–Crippen MR) is 83.9 cm³/mol. The van der Waals surface area contributed by atoms with Crippen molar-refractivity contribution in [1.29, 1.82) is 0 Å². The zero-order chi connectivity index (χ0) is 15.6. The van der Waals surface area contributed by atoms with E-state index in [4.69, 9.17) is 0 Å². The second kappa shape index (κ2) is 6.84. The Labute approximate surface area is 131 Å². The van der Waals surface area contributed by atoms with Crippen LogP contribution >= 0.6 is 23.5 Å². The minimum Gasteiger partial charge on any atom is -0.392 e. The molecule has 1 aliphatic rings. The molecular weight excluding hydrogens is 317 g/mol. The van der Waals surface area contributed by atoms with Gasteiger partial charge in [-0.2, -0.15) is 36.7 Å². The van der Waals surface area contributed by atoms with Crippen molar-refractivity contribution in [2.24, 2.45) is 0 Å². The van der Waals surface area contributed by atoms with Crippen molar-refractivity contribution in [3.8, 4) is 0 Å². The highest BCUT2D eigenvalue weighted by molar-refractivity contribution is 8.07. The van der Waals surface area contributed by atoms with E-state index in [1.807, 2.05) is 11.8 Å². The van der Waals surface area contributed by atoms with E-state index < -0.39 is 17.8 Å². The van der Waals surface area contributed by atoms with Crippen molar-refractivity contribution in [3.63, 3.8) is 0 Å². The largest absolute Gasteiger partial charge is 0.416 e. The summed E-state index contributed by atoms with van der Waals surface area (Å²) < 4.78 is 37.5. The van der Waals surface area contributed by atoms with Crippen molar-refractivity contribution < 1.29 is 18.3 Å². The van der Waals surface area contributed by atoms with E-state index in [1.165, 1.54) is 12.1 Å². The van der Waals surface area contributed by atoms with E-state index >= 15 is 0 Å². The fraction of sp³-hybridized carbons (Fsp3) is 0.600. The quantitative estimate of drug-likeness (QED) is 0.892. The molecule has 0 aromatic heterocycles. The molecule has 1 N–H and O–H groups in total. The summed E-state index contributed by atoms with van der Waals surface area (Å²) in [5.74, 6) is 0.887. The maximum atomic E-state index is 12.5. The van der Waals surface area contributed by atoms with E-state index in [0.29, 0.717) is 16.9 Å². The topological polar surface area (TPSA) is 20.2 Å². The number of halogens is 3. The molecule has 0 radical (unpaired) electrons. The van der Waals surface area contributed by atoms with Crippen LogP contribution < -0.4 is 0 Å². The summed E-state index contributed by atoms with van der Waals surface area (Å²) in [4.78, 5) is 0. The Morgan fingerprint density at radius 1 is 1.19 bits per heavy atom. The number of rotatable bonds is 3. The first kappa shape index (κ1) is 17.0. The molecule has 0 saturated carbocycles. The molecule has 1 aromatic carbocycles. The summed E-state index contributed by atoms with van der Waals surface area (Å²) in [6.45, 7) is 4.33. The highest BCUT2D eigenvalue weighted by atomic mass is 32.2. The molecule has 0 aliphatic carbocycles. The highest BCUT2D eigenvalue weighted by Gasteiger charge is 2.31.